The first-order chi connectivity index (χ1) is 22.9. The highest BCUT2D eigenvalue weighted by atomic mass is 19.1. The molecule has 0 saturated carbocycles. The van der Waals surface area contributed by atoms with Gasteiger partial charge in [0.1, 0.15) is 31.1 Å². The fraction of sp³-hybridized carbons (Fsp3) is 0.611. The highest BCUT2D eigenvalue weighted by Crippen LogP contribution is 2.28. The first-order valence-electron chi connectivity index (χ1n) is 16.8. The van der Waals surface area contributed by atoms with Crippen LogP contribution in [-0.4, -0.2) is 118 Å². The van der Waals surface area contributed by atoms with E-state index in [2.05, 4.69) is 10.2 Å². The Morgan fingerprint density at radius 3 is 2.48 bits per heavy atom. The Bertz CT molecular complexity index is 1280. The summed E-state index contributed by atoms with van der Waals surface area (Å²) < 4.78 is 25.6. The lowest BCUT2D eigenvalue weighted by molar-refractivity contribution is -0.125. The average Bonchev–Trinajstić information content (AvgIpc) is 3.50. The van der Waals surface area contributed by atoms with Gasteiger partial charge in [-0.2, -0.15) is 0 Å². The van der Waals surface area contributed by atoms with Gasteiger partial charge in [-0.25, -0.2) is 9.18 Å². The lowest BCUT2D eigenvalue weighted by atomic mass is 9.86. The normalized spacial score (nSPS) is 20.6. The summed E-state index contributed by atoms with van der Waals surface area (Å²) >= 11 is 0. The first kappa shape index (κ1) is 38.8. The lowest BCUT2D eigenvalue weighted by Gasteiger charge is -2.33. The minimum atomic E-state index is -0.758. The Labute approximate surface area is 284 Å². The number of rotatable bonds is 17. The van der Waals surface area contributed by atoms with Crippen LogP contribution in [0.1, 0.15) is 52.0 Å². The zero-order valence-electron chi connectivity index (χ0n) is 29.0. The molecule has 2 aliphatic rings. The molecule has 0 spiro atoms. The zero-order chi connectivity index (χ0) is 35.2. The number of nitrogens with one attached hydrogen (secondary N) is 1. The molecule has 3 rings (SSSR count). The number of anilines is 1. The van der Waals surface area contributed by atoms with Crippen molar-refractivity contribution in [1.82, 2.24) is 15.1 Å². The number of ether oxygens (including phenoxy) is 2. The number of aliphatic hydroxyl groups excluding tert-OH is 1. The van der Waals surface area contributed by atoms with Gasteiger partial charge in [-0.15, -0.1) is 0 Å². The van der Waals surface area contributed by atoms with E-state index in [9.17, 15) is 28.7 Å². The minimum Gasteiger partial charge on any atom is -0.442 e. The molecule has 11 nitrogen and oxygen atoms in total. The number of carbonyl (C=O) groups is 4. The molecule has 1 aromatic carbocycles. The molecule has 48 heavy (non-hydrogen) atoms. The molecule has 12 heteroatoms. The molecule has 2 aliphatic heterocycles. The molecule has 0 aliphatic carbocycles. The third-order valence-corrected chi connectivity index (χ3v) is 9.22. The number of benzene rings is 1. The largest absolute Gasteiger partial charge is 0.442 e. The molecule has 0 radical (unpaired) electrons. The van der Waals surface area contributed by atoms with Crippen molar-refractivity contribution in [2.75, 3.05) is 64.9 Å². The fourth-order valence-corrected chi connectivity index (χ4v) is 6.16. The maximum Gasteiger partial charge on any atom is 0.410 e. The van der Waals surface area contributed by atoms with E-state index in [1.54, 1.807) is 4.90 Å². The Hall–Kier alpha value is -3.61. The van der Waals surface area contributed by atoms with Gasteiger partial charge in [0.2, 0.25) is 5.91 Å². The maximum atomic E-state index is 14.8. The number of allylic oxidation sites excluding steroid dienone is 2. The van der Waals surface area contributed by atoms with Crippen LogP contribution in [0.15, 0.2) is 35.9 Å². The molecule has 2 N–H and O–H groups in total. The summed E-state index contributed by atoms with van der Waals surface area (Å²) in [6.45, 7) is 9.53. The molecule has 6 atom stereocenters. The van der Waals surface area contributed by atoms with Crippen molar-refractivity contribution in [3.05, 3.63) is 47.3 Å². The van der Waals surface area contributed by atoms with Crippen LogP contribution in [0, 0.1) is 23.6 Å². The third kappa shape index (κ3) is 12.1. The molecule has 2 fully saturated rings. The van der Waals surface area contributed by atoms with Crippen molar-refractivity contribution in [3.63, 3.8) is 0 Å². The van der Waals surface area contributed by atoms with Crippen LogP contribution in [0.5, 0.6) is 0 Å². The fourth-order valence-electron chi connectivity index (χ4n) is 6.16. The van der Waals surface area contributed by atoms with Crippen LogP contribution >= 0.6 is 0 Å². The van der Waals surface area contributed by atoms with Gasteiger partial charge in [0.25, 0.3) is 0 Å². The minimum absolute atomic E-state index is 0.00967. The van der Waals surface area contributed by atoms with Crippen LogP contribution in [0.4, 0.5) is 14.9 Å². The van der Waals surface area contributed by atoms with Gasteiger partial charge in [0, 0.05) is 70.4 Å². The van der Waals surface area contributed by atoms with Crippen molar-refractivity contribution < 1.29 is 38.1 Å². The number of hydrogen-bond acceptors (Lipinski definition) is 9. The number of methoxy groups -OCH3 is 1. The molecule has 0 aromatic heterocycles. The van der Waals surface area contributed by atoms with E-state index in [0.717, 1.165) is 31.4 Å². The van der Waals surface area contributed by atoms with E-state index in [4.69, 9.17) is 9.47 Å². The quantitative estimate of drug-likeness (QED) is 0.188. The molecule has 1 aromatic rings. The molecule has 2 amide bonds. The molecule has 0 bridgehead atoms. The monoisotopic (exact) mass is 672 g/mol. The summed E-state index contributed by atoms with van der Waals surface area (Å²) in [4.78, 5) is 54.1. The standard InChI is InChI=1S/C36H53FN4O7/c1-25(7-9-34(26(2)6-8-32(44)11-17-42)48-36(46)40-15-13-39(4)14-16-40)33(23-43)27(3)18-28-19-29(37)21-31(20-28)41-12-10-30(22-41)38-35(45)24-47-5/h7,9,17-21,23,25-26,30,32-34,44H,6,8,10-16,22,24H2,1-5H3,(H,38,45)/b9-7+,27-18+/t25-,26+,30-,32-,33-,34-/m0/s1. The van der Waals surface area contributed by atoms with Gasteiger partial charge in [0.05, 0.1) is 6.10 Å². The zero-order valence-corrected chi connectivity index (χ0v) is 29.0. The van der Waals surface area contributed by atoms with Crippen molar-refractivity contribution in [2.45, 2.75) is 64.7 Å². The number of carbonyl (C=O) groups excluding carboxylic acids is 4. The molecular weight excluding hydrogens is 619 g/mol. The number of aldehydes is 2. The van der Waals surface area contributed by atoms with Gasteiger partial charge in [-0.05, 0) is 74.9 Å². The van der Waals surface area contributed by atoms with Crippen molar-refractivity contribution in [3.8, 4) is 0 Å². The van der Waals surface area contributed by atoms with E-state index in [0.29, 0.717) is 56.6 Å². The van der Waals surface area contributed by atoms with E-state index in [1.165, 1.54) is 19.2 Å². The summed E-state index contributed by atoms with van der Waals surface area (Å²) in [6, 6.07) is 4.72. The molecule has 0 unspecified atom stereocenters. The summed E-state index contributed by atoms with van der Waals surface area (Å²) in [5.41, 5.74) is 2.07. The second-order valence-electron chi connectivity index (χ2n) is 13.2. The highest BCUT2D eigenvalue weighted by Gasteiger charge is 2.27. The summed E-state index contributed by atoms with van der Waals surface area (Å²) in [6.07, 6.45) is 7.00. The first-order valence-corrected chi connectivity index (χ1v) is 16.8. The Morgan fingerprint density at radius 2 is 1.81 bits per heavy atom. The molecule has 2 heterocycles. The highest BCUT2D eigenvalue weighted by molar-refractivity contribution is 5.77. The van der Waals surface area contributed by atoms with Crippen LogP contribution < -0.4 is 10.2 Å². The second kappa shape index (κ2) is 19.4. The van der Waals surface area contributed by atoms with Crippen molar-refractivity contribution >= 4 is 36.3 Å². The topological polar surface area (TPSA) is 129 Å². The number of halogens is 1. The molecule has 2 saturated heterocycles. The number of piperazine rings is 1. The van der Waals surface area contributed by atoms with Crippen LogP contribution in [0.25, 0.3) is 6.08 Å². The molecule has 266 valence electrons. The van der Waals surface area contributed by atoms with Gasteiger partial charge >= 0.3 is 6.09 Å². The number of nitrogens with zero attached hydrogens (tertiary/aromatic N) is 3. The summed E-state index contributed by atoms with van der Waals surface area (Å²) in [5, 5.41) is 13.0. The third-order valence-electron chi connectivity index (χ3n) is 9.22. The van der Waals surface area contributed by atoms with Gasteiger partial charge in [-0.1, -0.05) is 31.6 Å². The Kier molecular flexibility index (Phi) is 15.7. The van der Waals surface area contributed by atoms with Gasteiger partial charge in [0.15, 0.2) is 0 Å². The van der Waals surface area contributed by atoms with Crippen LogP contribution in [0.3, 0.4) is 0 Å². The van der Waals surface area contributed by atoms with Gasteiger partial charge in [-0.3, -0.25) is 4.79 Å². The van der Waals surface area contributed by atoms with E-state index in [-0.39, 0.29) is 36.8 Å². The second-order valence-corrected chi connectivity index (χ2v) is 13.2. The molecular formula is C36H53FN4O7. The van der Waals surface area contributed by atoms with Crippen LogP contribution in [-0.2, 0) is 23.9 Å². The number of amides is 2. The smallest absolute Gasteiger partial charge is 0.410 e. The Balaban J connectivity index is 1.73. The van der Waals surface area contributed by atoms with E-state index >= 15 is 0 Å². The van der Waals surface area contributed by atoms with Crippen molar-refractivity contribution in [2.24, 2.45) is 17.8 Å². The Morgan fingerprint density at radius 1 is 1.08 bits per heavy atom. The van der Waals surface area contributed by atoms with E-state index < -0.39 is 30.0 Å². The van der Waals surface area contributed by atoms with E-state index in [1.807, 2.05) is 57.0 Å². The number of aliphatic hydroxyl groups is 1. The average molecular weight is 673 g/mol. The SMILES string of the molecule is COCC(=O)N[C@H]1CCN(c2cc(F)cc(/C=C(\C)[C@@H](C=O)[C@@H](C)/C=C/[C@H](OC(=O)N3CCN(C)CC3)[C@H](C)CC[C@H](O)CC=O)c2)C1. The summed E-state index contributed by atoms with van der Waals surface area (Å²) in [7, 11) is 3.47. The predicted octanol–water partition coefficient (Wildman–Crippen LogP) is 3.70. The lowest BCUT2D eigenvalue weighted by Crippen LogP contribution is -2.48. The number of hydrogen-bond donors (Lipinski definition) is 2. The predicted molar refractivity (Wildman–Crippen MR) is 183 cm³/mol. The van der Waals surface area contributed by atoms with Crippen LogP contribution in [0.2, 0.25) is 0 Å². The van der Waals surface area contributed by atoms with Crippen molar-refractivity contribution in [1.29, 1.82) is 0 Å². The summed E-state index contributed by atoms with van der Waals surface area (Å²) in [5.74, 6) is -1.51. The van der Waals surface area contributed by atoms with Gasteiger partial charge < -0.3 is 44.2 Å². The number of likely N-dealkylation sites (N-methyl/N-ethyl adjacent to an activating group) is 1. The maximum absolute atomic E-state index is 14.8.